The quantitative estimate of drug-likeness (QED) is 0.656. The largest absolute Gasteiger partial charge is 0.308 e. The predicted octanol–water partition coefficient (Wildman–Crippen LogP) is 3.27. The predicted molar refractivity (Wildman–Crippen MR) is 81.8 cm³/mol. The van der Waals surface area contributed by atoms with E-state index in [-0.39, 0.29) is 0 Å². The molecule has 0 radical (unpaired) electrons. The fourth-order valence-corrected chi connectivity index (χ4v) is 3.40. The average molecular weight is 302 g/mol. The van der Waals surface area contributed by atoms with Crippen LogP contribution in [0.4, 0.5) is 0 Å². The second kappa shape index (κ2) is 6.67. The average Bonchev–Trinajstić information content (AvgIpc) is 3.15. The second-order valence-corrected chi connectivity index (χ2v) is 6.26. The van der Waals surface area contributed by atoms with Gasteiger partial charge in [0.25, 0.3) is 0 Å². The van der Waals surface area contributed by atoms with Gasteiger partial charge in [-0.3, -0.25) is 4.98 Å². The summed E-state index contributed by atoms with van der Waals surface area (Å²) in [5.74, 6) is 0.867. The normalized spacial score (nSPS) is 10.8. The molecule has 0 aromatic carbocycles. The van der Waals surface area contributed by atoms with Crippen molar-refractivity contribution in [2.24, 2.45) is 0 Å². The molecule has 102 valence electrons. The molecule has 3 aromatic heterocycles. The molecule has 0 bridgehead atoms. The van der Waals surface area contributed by atoms with Gasteiger partial charge in [0.2, 0.25) is 0 Å². The summed E-state index contributed by atoms with van der Waals surface area (Å²) in [4.78, 5) is 5.51. The molecule has 0 aliphatic carbocycles. The number of aryl methyl sites for hydroxylation is 2. The molecule has 0 aliphatic rings. The van der Waals surface area contributed by atoms with Gasteiger partial charge in [-0.25, -0.2) is 0 Å². The minimum Gasteiger partial charge on any atom is -0.308 e. The molecule has 0 N–H and O–H groups in total. The van der Waals surface area contributed by atoms with E-state index in [9.17, 15) is 0 Å². The van der Waals surface area contributed by atoms with E-state index in [2.05, 4.69) is 43.3 Å². The highest BCUT2D eigenvalue weighted by molar-refractivity contribution is 7.98. The SMILES string of the molecule is c1cncc(CSc2nncn2CCc2cccs2)c1. The van der Waals surface area contributed by atoms with E-state index in [0.717, 1.165) is 23.9 Å². The molecule has 6 heteroatoms. The number of pyridine rings is 1. The molecule has 0 aliphatic heterocycles. The smallest absolute Gasteiger partial charge is 0.191 e. The summed E-state index contributed by atoms with van der Waals surface area (Å²) in [6.07, 6.45) is 6.51. The lowest BCUT2D eigenvalue weighted by Gasteiger charge is -2.05. The lowest BCUT2D eigenvalue weighted by molar-refractivity contribution is 0.637. The molecule has 3 heterocycles. The molecule has 20 heavy (non-hydrogen) atoms. The Balaban J connectivity index is 1.59. The standard InChI is InChI=1S/C14H14N4S2/c1-3-12(9-15-6-1)10-20-14-17-16-11-18(14)7-5-13-4-2-8-19-13/h1-4,6,8-9,11H,5,7,10H2. The third-order valence-corrected chi connectivity index (χ3v) is 4.84. The monoisotopic (exact) mass is 302 g/mol. The molecular weight excluding hydrogens is 288 g/mol. The van der Waals surface area contributed by atoms with Gasteiger partial charge in [-0.05, 0) is 29.5 Å². The summed E-state index contributed by atoms with van der Waals surface area (Å²) >= 11 is 3.49. The minimum absolute atomic E-state index is 0.867. The molecule has 0 unspecified atom stereocenters. The van der Waals surface area contributed by atoms with Crippen molar-refractivity contribution in [2.75, 3.05) is 0 Å². The Bertz CT molecular complexity index is 634. The van der Waals surface area contributed by atoms with Gasteiger partial charge in [0, 0.05) is 29.6 Å². The van der Waals surface area contributed by atoms with Crippen LogP contribution in [0.5, 0.6) is 0 Å². The first kappa shape index (κ1) is 13.3. The highest BCUT2D eigenvalue weighted by Crippen LogP contribution is 2.20. The van der Waals surface area contributed by atoms with E-state index in [1.54, 1.807) is 35.6 Å². The third-order valence-electron chi connectivity index (χ3n) is 2.85. The maximum atomic E-state index is 4.19. The van der Waals surface area contributed by atoms with Crippen LogP contribution in [-0.2, 0) is 18.7 Å². The highest BCUT2D eigenvalue weighted by Gasteiger charge is 2.06. The maximum absolute atomic E-state index is 4.19. The Morgan fingerprint density at radius 3 is 3.05 bits per heavy atom. The van der Waals surface area contributed by atoms with Crippen LogP contribution in [-0.4, -0.2) is 19.7 Å². The summed E-state index contributed by atoms with van der Waals surface area (Å²) in [7, 11) is 0. The zero-order valence-corrected chi connectivity index (χ0v) is 12.5. The molecule has 3 aromatic rings. The summed E-state index contributed by atoms with van der Waals surface area (Å²) in [5, 5.41) is 11.3. The number of rotatable bonds is 6. The summed E-state index contributed by atoms with van der Waals surface area (Å²) in [5.41, 5.74) is 1.20. The first-order valence-electron chi connectivity index (χ1n) is 6.34. The van der Waals surface area contributed by atoms with Crippen LogP contribution in [0.2, 0.25) is 0 Å². The van der Waals surface area contributed by atoms with Gasteiger partial charge in [0.1, 0.15) is 6.33 Å². The Kier molecular flexibility index (Phi) is 4.45. The van der Waals surface area contributed by atoms with Crippen LogP contribution in [0.3, 0.4) is 0 Å². The fourth-order valence-electron chi connectivity index (χ4n) is 1.83. The molecule has 0 saturated carbocycles. The van der Waals surface area contributed by atoms with Crippen molar-refractivity contribution in [1.29, 1.82) is 0 Å². The Morgan fingerprint density at radius 2 is 2.25 bits per heavy atom. The number of hydrogen-bond acceptors (Lipinski definition) is 5. The lowest BCUT2D eigenvalue weighted by atomic mass is 10.3. The van der Waals surface area contributed by atoms with E-state index >= 15 is 0 Å². The Morgan fingerprint density at radius 1 is 1.25 bits per heavy atom. The molecule has 4 nitrogen and oxygen atoms in total. The van der Waals surface area contributed by atoms with Gasteiger partial charge in [0.15, 0.2) is 5.16 Å². The Labute approximate surface area is 125 Å². The van der Waals surface area contributed by atoms with Crippen molar-refractivity contribution in [3.63, 3.8) is 0 Å². The van der Waals surface area contributed by atoms with E-state index in [0.29, 0.717) is 0 Å². The molecule has 0 fully saturated rings. The topological polar surface area (TPSA) is 43.6 Å². The van der Waals surface area contributed by atoms with Crippen molar-refractivity contribution in [1.82, 2.24) is 19.7 Å². The van der Waals surface area contributed by atoms with Crippen LogP contribution >= 0.6 is 23.1 Å². The maximum Gasteiger partial charge on any atom is 0.191 e. The van der Waals surface area contributed by atoms with Gasteiger partial charge in [-0.1, -0.05) is 23.9 Å². The second-order valence-electron chi connectivity index (χ2n) is 4.29. The molecule has 0 amide bonds. The van der Waals surface area contributed by atoms with E-state index < -0.39 is 0 Å². The molecular formula is C14H14N4S2. The van der Waals surface area contributed by atoms with Gasteiger partial charge < -0.3 is 4.57 Å². The lowest BCUT2D eigenvalue weighted by Crippen LogP contribution is -2.01. The van der Waals surface area contributed by atoms with Crippen LogP contribution in [0.1, 0.15) is 10.4 Å². The van der Waals surface area contributed by atoms with Gasteiger partial charge in [-0.15, -0.1) is 21.5 Å². The number of nitrogens with zero attached hydrogens (tertiary/aromatic N) is 4. The van der Waals surface area contributed by atoms with Gasteiger partial charge in [-0.2, -0.15) is 0 Å². The van der Waals surface area contributed by atoms with E-state index in [4.69, 9.17) is 0 Å². The first-order valence-corrected chi connectivity index (χ1v) is 8.20. The first-order chi connectivity index (χ1) is 9.92. The number of thioether (sulfide) groups is 1. The van der Waals surface area contributed by atoms with E-state index in [1.165, 1.54) is 10.4 Å². The molecule has 0 atom stereocenters. The van der Waals surface area contributed by atoms with Crippen molar-refractivity contribution >= 4 is 23.1 Å². The van der Waals surface area contributed by atoms with Crippen LogP contribution < -0.4 is 0 Å². The molecule has 0 saturated heterocycles. The van der Waals surface area contributed by atoms with E-state index in [1.807, 2.05) is 12.3 Å². The van der Waals surface area contributed by atoms with Crippen LogP contribution in [0.15, 0.2) is 53.5 Å². The summed E-state index contributed by atoms with van der Waals surface area (Å²) < 4.78 is 2.11. The fraction of sp³-hybridized carbons (Fsp3) is 0.214. The van der Waals surface area contributed by atoms with Crippen molar-refractivity contribution < 1.29 is 0 Å². The van der Waals surface area contributed by atoms with Crippen LogP contribution in [0.25, 0.3) is 0 Å². The molecule has 0 spiro atoms. The minimum atomic E-state index is 0.867. The number of aromatic nitrogens is 4. The van der Waals surface area contributed by atoms with Gasteiger partial charge in [0.05, 0.1) is 0 Å². The van der Waals surface area contributed by atoms with Gasteiger partial charge >= 0.3 is 0 Å². The Hall–Kier alpha value is -1.66. The summed E-state index contributed by atoms with van der Waals surface area (Å²) in [6, 6.07) is 8.28. The molecule has 3 rings (SSSR count). The highest BCUT2D eigenvalue weighted by atomic mass is 32.2. The summed E-state index contributed by atoms with van der Waals surface area (Å²) in [6.45, 7) is 0.920. The zero-order valence-electron chi connectivity index (χ0n) is 10.8. The van der Waals surface area contributed by atoms with Crippen LogP contribution in [0, 0.1) is 0 Å². The number of thiophene rings is 1. The van der Waals surface area contributed by atoms with Crippen molar-refractivity contribution in [3.05, 3.63) is 58.8 Å². The van der Waals surface area contributed by atoms with Crippen molar-refractivity contribution in [3.8, 4) is 0 Å². The number of hydrogen-bond donors (Lipinski definition) is 0. The van der Waals surface area contributed by atoms with Crippen molar-refractivity contribution in [2.45, 2.75) is 23.9 Å². The zero-order chi connectivity index (χ0) is 13.6. The third kappa shape index (κ3) is 3.46.